The first-order valence-electron chi connectivity index (χ1n) is 10.4. The van der Waals surface area contributed by atoms with E-state index in [0.717, 1.165) is 38.2 Å². The van der Waals surface area contributed by atoms with E-state index in [1.807, 2.05) is 24.3 Å². The van der Waals surface area contributed by atoms with Gasteiger partial charge in [-0.2, -0.15) is 0 Å². The predicted octanol–water partition coefficient (Wildman–Crippen LogP) is 3.85. The van der Waals surface area contributed by atoms with Crippen LogP contribution >= 0.6 is 0 Å². The van der Waals surface area contributed by atoms with Crippen molar-refractivity contribution in [3.8, 4) is 0 Å². The molecule has 28 heavy (non-hydrogen) atoms. The molecule has 4 heteroatoms. The van der Waals surface area contributed by atoms with Gasteiger partial charge in [0, 0.05) is 43.5 Å². The maximum Gasteiger partial charge on any atom is 0.251 e. The number of nitrogens with one attached hydrogen (secondary N) is 1. The predicted molar refractivity (Wildman–Crippen MR) is 115 cm³/mol. The number of carbonyl (C=O) groups excluding carboxylic acids is 1. The number of carbonyl (C=O) groups is 1. The van der Waals surface area contributed by atoms with Crippen LogP contribution in [-0.4, -0.2) is 43.0 Å². The zero-order valence-electron chi connectivity index (χ0n) is 16.4. The summed E-state index contributed by atoms with van der Waals surface area (Å²) in [5.74, 6) is 0.0244. The van der Waals surface area contributed by atoms with Crippen LogP contribution in [0.15, 0.2) is 66.7 Å². The highest BCUT2D eigenvalue weighted by atomic mass is 16.1. The lowest BCUT2D eigenvalue weighted by molar-refractivity contribution is 0.0907. The molecular weight excluding hydrogens is 346 g/mol. The van der Waals surface area contributed by atoms with Crippen LogP contribution in [-0.2, 0) is 6.54 Å². The Kier molecular flexibility index (Phi) is 6.07. The highest BCUT2D eigenvalue weighted by molar-refractivity contribution is 5.94. The molecule has 0 saturated carbocycles. The van der Waals surface area contributed by atoms with Crippen LogP contribution in [0.4, 0.5) is 5.69 Å². The van der Waals surface area contributed by atoms with Crippen molar-refractivity contribution in [1.29, 1.82) is 0 Å². The van der Waals surface area contributed by atoms with E-state index in [-0.39, 0.29) is 5.91 Å². The van der Waals surface area contributed by atoms with E-state index in [9.17, 15) is 4.79 Å². The standard InChI is InChI=1S/C24H29N3O/c28-24(21-11-13-22(14-12-21)26-15-6-7-16-26)25-18-23-10-4-5-17-27(23)19-20-8-2-1-3-9-20/h1-3,6-9,11-14,23H,4-5,10,15-19H2,(H,25,28). The van der Waals surface area contributed by atoms with Crippen LogP contribution in [0.2, 0.25) is 0 Å². The van der Waals surface area contributed by atoms with E-state index in [0.29, 0.717) is 12.6 Å². The van der Waals surface area contributed by atoms with Gasteiger partial charge in [0.05, 0.1) is 0 Å². The van der Waals surface area contributed by atoms with E-state index >= 15 is 0 Å². The number of anilines is 1. The Labute approximate surface area is 167 Å². The molecule has 2 aliphatic rings. The van der Waals surface area contributed by atoms with Gasteiger partial charge >= 0.3 is 0 Å². The molecule has 0 spiro atoms. The zero-order valence-corrected chi connectivity index (χ0v) is 16.4. The van der Waals surface area contributed by atoms with Crippen LogP contribution in [0.5, 0.6) is 0 Å². The molecule has 1 N–H and O–H groups in total. The first-order valence-corrected chi connectivity index (χ1v) is 10.4. The van der Waals surface area contributed by atoms with Crippen molar-refractivity contribution in [3.05, 3.63) is 77.9 Å². The van der Waals surface area contributed by atoms with Gasteiger partial charge in [-0.15, -0.1) is 0 Å². The minimum atomic E-state index is 0.0244. The van der Waals surface area contributed by atoms with Gasteiger partial charge in [-0.05, 0) is 49.2 Å². The first kappa shape index (κ1) is 18.8. The third-order valence-electron chi connectivity index (χ3n) is 5.79. The lowest BCUT2D eigenvalue weighted by Gasteiger charge is -2.36. The number of amides is 1. The minimum Gasteiger partial charge on any atom is -0.364 e. The molecule has 0 bridgehead atoms. The fraction of sp³-hybridized carbons (Fsp3) is 0.375. The van der Waals surface area contributed by atoms with Crippen molar-refractivity contribution in [2.45, 2.75) is 31.8 Å². The average Bonchev–Trinajstić information content (AvgIpc) is 3.29. The number of hydrogen-bond donors (Lipinski definition) is 1. The molecule has 1 atom stereocenters. The first-order chi connectivity index (χ1) is 13.8. The molecule has 1 amide bonds. The zero-order chi connectivity index (χ0) is 19.2. The molecule has 2 aliphatic heterocycles. The Hall–Kier alpha value is -2.59. The molecule has 0 radical (unpaired) electrons. The molecule has 4 rings (SSSR count). The minimum absolute atomic E-state index is 0.0244. The summed E-state index contributed by atoms with van der Waals surface area (Å²) in [6, 6.07) is 19.0. The summed E-state index contributed by atoms with van der Waals surface area (Å²) < 4.78 is 0. The second kappa shape index (κ2) is 9.07. The molecule has 2 heterocycles. The Morgan fingerprint density at radius 2 is 1.71 bits per heavy atom. The van der Waals surface area contributed by atoms with Crippen molar-refractivity contribution in [1.82, 2.24) is 10.2 Å². The van der Waals surface area contributed by atoms with Gasteiger partial charge in [-0.1, -0.05) is 48.9 Å². The normalized spacial score (nSPS) is 19.7. The number of nitrogens with zero attached hydrogens (tertiary/aromatic N) is 2. The van der Waals surface area contributed by atoms with Crippen LogP contribution in [0, 0.1) is 0 Å². The summed E-state index contributed by atoms with van der Waals surface area (Å²) in [4.78, 5) is 17.4. The van der Waals surface area contributed by atoms with Crippen LogP contribution in [0.25, 0.3) is 0 Å². The van der Waals surface area contributed by atoms with Gasteiger partial charge < -0.3 is 10.2 Å². The van der Waals surface area contributed by atoms with E-state index in [1.165, 1.54) is 24.1 Å². The average molecular weight is 376 g/mol. The molecule has 146 valence electrons. The molecule has 0 aliphatic carbocycles. The number of rotatable bonds is 6. The van der Waals surface area contributed by atoms with Gasteiger partial charge in [-0.3, -0.25) is 9.69 Å². The topological polar surface area (TPSA) is 35.6 Å². The summed E-state index contributed by atoms with van der Waals surface area (Å²) in [6.45, 7) is 4.67. The van der Waals surface area contributed by atoms with Crippen molar-refractivity contribution in [2.75, 3.05) is 31.1 Å². The van der Waals surface area contributed by atoms with Gasteiger partial charge in [0.1, 0.15) is 0 Å². The SMILES string of the molecule is O=C(NCC1CCCCN1Cc1ccccc1)c1ccc(N2CC=CC2)cc1. The Morgan fingerprint density at radius 1 is 0.964 bits per heavy atom. The second-order valence-electron chi connectivity index (χ2n) is 7.74. The summed E-state index contributed by atoms with van der Waals surface area (Å²) in [6.07, 6.45) is 7.97. The maximum absolute atomic E-state index is 12.6. The fourth-order valence-corrected chi connectivity index (χ4v) is 4.14. The van der Waals surface area contributed by atoms with E-state index in [2.05, 4.69) is 57.6 Å². The third kappa shape index (κ3) is 4.63. The van der Waals surface area contributed by atoms with Gasteiger partial charge in [0.25, 0.3) is 5.91 Å². The van der Waals surface area contributed by atoms with Crippen LogP contribution in [0.3, 0.4) is 0 Å². The monoisotopic (exact) mass is 375 g/mol. The van der Waals surface area contributed by atoms with Crippen molar-refractivity contribution < 1.29 is 4.79 Å². The fourth-order valence-electron chi connectivity index (χ4n) is 4.14. The lowest BCUT2D eigenvalue weighted by atomic mass is 10.0. The van der Waals surface area contributed by atoms with Crippen molar-refractivity contribution >= 4 is 11.6 Å². The van der Waals surface area contributed by atoms with Gasteiger partial charge in [0.15, 0.2) is 0 Å². The number of likely N-dealkylation sites (tertiary alicyclic amines) is 1. The summed E-state index contributed by atoms with van der Waals surface area (Å²) in [5, 5.41) is 3.17. The summed E-state index contributed by atoms with van der Waals surface area (Å²) in [5.41, 5.74) is 3.25. The van der Waals surface area contributed by atoms with E-state index < -0.39 is 0 Å². The van der Waals surface area contributed by atoms with E-state index in [4.69, 9.17) is 0 Å². The quantitative estimate of drug-likeness (QED) is 0.779. The number of hydrogen-bond acceptors (Lipinski definition) is 3. The lowest BCUT2D eigenvalue weighted by Crippen LogP contribution is -2.46. The highest BCUT2D eigenvalue weighted by Crippen LogP contribution is 2.20. The van der Waals surface area contributed by atoms with Gasteiger partial charge in [0.2, 0.25) is 0 Å². The Morgan fingerprint density at radius 3 is 2.46 bits per heavy atom. The number of benzene rings is 2. The van der Waals surface area contributed by atoms with Crippen LogP contribution < -0.4 is 10.2 Å². The van der Waals surface area contributed by atoms with E-state index in [1.54, 1.807) is 0 Å². The van der Waals surface area contributed by atoms with Gasteiger partial charge in [-0.25, -0.2) is 0 Å². The Bertz CT molecular complexity index is 792. The van der Waals surface area contributed by atoms with Crippen molar-refractivity contribution in [3.63, 3.8) is 0 Å². The molecular formula is C24H29N3O. The van der Waals surface area contributed by atoms with Crippen molar-refractivity contribution in [2.24, 2.45) is 0 Å². The molecule has 2 aromatic carbocycles. The number of piperidine rings is 1. The van der Waals surface area contributed by atoms with Crippen LogP contribution in [0.1, 0.15) is 35.2 Å². The smallest absolute Gasteiger partial charge is 0.251 e. The third-order valence-corrected chi connectivity index (χ3v) is 5.79. The maximum atomic E-state index is 12.6. The molecule has 1 fully saturated rings. The summed E-state index contributed by atoms with van der Waals surface area (Å²) in [7, 11) is 0. The Balaban J connectivity index is 1.32. The molecule has 1 unspecified atom stereocenters. The summed E-state index contributed by atoms with van der Waals surface area (Å²) >= 11 is 0. The molecule has 1 saturated heterocycles. The molecule has 2 aromatic rings. The second-order valence-corrected chi connectivity index (χ2v) is 7.74. The molecule has 0 aromatic heterocycles. The highest BCUT2D eigenvalue weighted by Gasteiger charge is 2.23. The molecule has 4 nitrogen and oxygen atoms in total. The largest absolute Gasteiger partial charge is 0.364 e.